The Hall–Kier alpha value is -1.12. The van der Waals surface area contributed by atoms with Crippen LogP contribution in [0.1, 0.15) is 18.1 Å². The average molecular weight is 205 g/mol. The van der Waals surface area contributed by atoms with Crippen molar-refractivity contribution in [3.63, 3.8) is 0 Å². The van der Waals surface area contributed by atoms with Gasteiger partial charge in [0.05, 0.1) is 6.61 Å². The summed E-state index contributed by atoms with van der Waals surface area (Å²) in [5, 5.41) is 0. The molecule has 0 aliphatic heterocycles. The van der Waals surface area contributed by atoms with Crippen LogP contribution in [-0.2, 0) is 11.3 Å². The molecule has 2 heteroatoms. The molecular formula is C13H19NO. The van der Waals surface area contributed by atoms with E-state index in [0.29, 0.717) is 6.61 Å². The number of nitrogens with zero attached hydrogens (tertiary/aromatic N) is 1. The van der Waals surface area contributed by atoms with E-state index in [9.17, 15) is 0 Å². The van der Waals surface area contributed by atoms with Gasteiger partial charge in [-0.3, -0.25) is 4.90 Å². The van der Waals surface area contributed by atoms with Gasteiger partial charge in [0.1, 0.15) is 6.23 Å². The Morgan fingerprint density at radius 1 is 1.33 bits per heavy atom. The summed E-state index contributed by atoms with van der Waals surface area (Å²) in [5.74, 6) is 0. The van der Waals surface area contributed by atoms with Gasteiger partial charge in [0.25, 0.3) is 0 Å². The molecule has 0 spiro atoms. The van der Waals surface area contributed by atoms with Crippen molar-refractivity contribution >= 4 is 6.08 Å². The van der Waals surface area contributed by atoms with Gasteiger partial charge in [-0.05, 0) is 32.1 Å². The van der Waals surface area contributed by atoms with Crippen LogP contribution in [0.5, 0.6) is 0 Å². The number of benzene rings is 1. The molecule has 0 aromatic heterocycles. The fourth-order valence-corrected chi connectivity index (χ4v) is 1.12. The quantitative estimate of drug-likeness (QED) is 0.685. The smallest absolute Gasteiger partial charge is 0.107 e. The Morgan fingerprint density at radius 2 is 1.93 bits per heavy atom. The van der Waals surface area contributed by atoms with Crippen LogP contribution in [0.3, 0.4) is 0 Å². The fraction of sp³-hybridized carbons (Fsp3) is 0.385. The molecular weight excluding hydrogens is 186 g/mol. The van der Waals surface area contributed by atoms with Gasteiger partial charge in [0.15, 0.2) is 0 Å². The Bertz CT molecular complexity index is 303. The Morgan fingerprint density at radius 3 is 2.40 bits per heavy atom. The highest BCUT2D eigenvalue weighted by atomic mass is 16.5. The molecule has 0 saturated heterocycles. The summed E-state index contributed by atoms with van der Waals surface area (Å²) in [4.78, 5) is 2.04. The zero-order valence-electron chi connectivity index (χ0n) is 9.73. The van der Waals surface area contributed by atoms with Gasteiger partial charge in [-0.15, -0.1) is 0 Å². The highest BCUT2D eigenvalue weighted by Gasteiger charge is 2.03. The van der Waals surface area contributed by atoms with Gasteiger partial charge < -0.3 is 4.74 Å². The maximum absolute atomic E-state index is 5.66. The summed E-state index contributed by atoms with van der Waals surface area (Å²) in [6.07, 6.45) is 1.98. The van der Waals surface area contributed by atoms with Gasteiger partial charge in [-0.25, -0.2) is 0 Å². The fourth-order valence-electron chi connectivity index (χ4n) is 1.12. The Labute approximate surface area is 92.2 Å². The minimum Gasteiger partial charge on any atom is -0.359 e. The van der Waals surface area contributed by atoms with Crippen LogP contribution >= 0.6 is 0 Å². The third-order valence-electron chi connectivity index (χ3n) is 2.43. The lowest BCUT2D eigenvalue weighted by molar-refractivity contribution is -0.0329. The van der Waals surface area contributed by atoms with Crippen molar-refractivity contribution in [1.82, 2.24) is 4.90 Å². The summed E-state index contributed by atoms with van der Waals surface area (Å²) < 4.78 is 5.66. The van der Waals surface area contributed by atoms with Gasteiger partial charge in [0.2, 0.25) is 0 Å². The maximum Gasteiger partial charge on any atom is 0.107 e. The number of rotatable bonds is 5. The molecule has 2 nitrogen and oxygen atoms in total. The van der Waals surface area contributed by atoms with Crippen LogP contribution in [-0.4, -0.2) is 25.2 Å². The minimum atomic E-state index is 0.143. The molecule has 1 unspecified atom stereocenters. The predicted octanol–water partition coefficient (Wildman–Crippen LogP) is 2.75. The predicted molar refractivity (Wildman–Crippen MR) is 64.5 cm³/mol. The zero-order chi connectivity index (χ0) is 11.3. The van der Waals surface area contributed by atoms with Crippen LogP contribution < -0.4 is 0 Å². The van der Waals surface area contributed by atoms with Crippen molar-refractivity contribution in [2.75, 3.05) is 14.1 Å². The second kappa shape index (κ2) is 5.69. The van der Waals surface area contributed by atoms with E-state index in [1.54, 1.807) is 0 Å². The minimum absolute atomic E-state index is 0.143. The van der Waals surface area contributed by atoms with E-state index >= 15 is 0 Å². The van der Waals surface area contributed by atoms with Crippen LogP contribution in [0.15, 0.2) is 30.8 Å². The molecule has 15 heavy (non-hydrogen) atoms. The normalized spacial score (nSPS) is 12.8. The Kier molecular flexibility index (Phi) is 4.53. The zero-order valence-corrected chi connectivity index (χ0v) is 9.73. The average Bonchev–Trinajstić information content (AvgIpc) is 2.26. The van der Waals surface area contributed by atoms with Gasteiger partial charge in [-0.1, -0.05) is 36.9 Å². The summed E-state index contributed by atoms with van der Waals surface area (Å²) in [6, 6.07) is 8.23. The summed E-state index contributed by atoms with van der Waals surface area (Å²) in [7, 11) is 4.01. The summed E-state index contributed by atoms with van der Waals surface area (Å²) in [6.45, 7) is 6.41. The second-order valence-electron chi connectivity index (χ2n) is 3.82. The first-order valence-corrected chi connectivity index (χ1v) is 5.13. The van der Waals surface area contributed by atoms with Crippen LogP contribution in [0, 0.1) is 0 Å². The molecule has 0 bridgehead atoms. The standard InChI is InChI=1S/C13H19NO/c1-5-12-6-8-13(9-7-12)10-15-11(2)14(3)4/h5-9,11H,1,10H2,2-4H3. The third-order valence-corrected chi connectivity index (χ3v) is 2.43. The molecule has 0 N–H and O–H groups in total. The molecule has 0 amide bonds. The van der Waals surface area contributed by atoms with Crippen LogP contribution in [0.4, 0.5) is 0 Å². The highest BCUT2D eigenvalue weighted by molar-refractivity contribution is 5.47. The molecule has 0 fully saturated rings. The first kappa shape index (κ1) is 12.0. The lowest BCUT2D eigenvalue weighted by atomic mass is 10.1. The van der Waals surface area contributed by atoms with Gasteiger partial charge in [0, 0.05) is 0 Å². The van der Waals surface area contributed by atoms with E-state index in [4.69, 9.17) is 4.74 Å². The maximum atomic E-state index is 5.66. The molecule has 1 rings (SSSR count). The van der Waals surface area contributed by atoms with Crippen LogP contribution in [0.2, 0.25) is 0 Å². The largest absolute Gasteiger partial charge is 0.359 e. The third kappa shape index (κ3) is 3.86. The van der Waals surface area contributed by atoms with Gasteiger partial charge >= 0.3 is 0 Å². The number of hydrogen-bond acceptors (Lipinski definition) is 2. The van der Waals surface area contributed by atoms with E-state index in [-0.39, 0.29) is 6.23 Å². The molecule has 0 heterocycles. The van der Waals surface area contributed by atoms with Crippen molar-refractivity contribution in [2.45, 2.75) is 19.8 Å². The van der Waals surface area contributed by atoms with E-state index in [1.165, 1.54) is 5.56 Å². The van der Waals surface area contributed by atoms with Crippen LogP contribution in [0.25, 0.3) is 6.08 Å². The molecule has 1 atom stereocenters. The molecule has 0 saturated carbocycles. The van der Waals surface area contributed by atoms with E-state index in [2.05, 4.69) is 18.7 Å². The van der Waals surface area contributed by atoms with Crippen molar-refractivity contribution in [3.05, 3.63) is 42.0 Å². The van der Waals surface area contributed by atoms with E-state index < -0.39 is 0 Å². The monoisotopic (exact) mass is 205 g/mol. The highest BCUT2D eigenvalue weighted by Crippen LogP contribution is 2.08. The molecule has 0 radical (unpaired) electrons. The van der Waals surface area contributed by atoms with Crippen molar-refractivity contribution in [3.8, 4) is 0 Å². The number of ether oxygens (including phenoxy) is 1. The van der Waals surface area contributed by atoms with E-state index in [0.717, 1.165) is 5.56 Å². The van der Waals surface area contributed by atoms with Crippen molar-refractivity contribution in [2.24, 2.45) is 0 Å². The lowest BCUT2D eigenvalue weighted by Crippen LogP contribution is -2.27. The topological polar surface area (TPSA) is 12.5 Å². The summed E-state index contributed by atoms with van der Waals surface area (Å²) in [5.41, 5.74) is 2.33. The SMILES string of the molecule is C=Cc1ccc(COC(C)N(C)C)cc1. The summed E-state index contributed by atoms with van der Waals surface area (Å²) >= 11 is 0. The van der Waals surface area contributed by atoms with Gasteiger partial charge in [-0.2, -0.15) is 0 Å². The molecule has 0 aliphatic carbocycles. The van der Waals surface area contributed by atoms with Crippen molar-refractivity contribution < 1.29 is 4.74 Å². The molecule has 82 valence electrons. The molecule has 0 aliphatic rings. The van der Waals surface area contributed by atoms with Crippen molar-refractivity contribution in [1.29, 1.82) is 0 Å². The Balaban J connectivity index is 2.47. The first-order chi connectivity index (χ1) is 7.13. The second-order valence-corrected chi connectivity index (χ2v) is 3.82. The molecule has 1 aromatic rings. The number of hydrogen-bond donors (Lipinski definition) is 0. The first-order valence-electron chi connectivity index (χ1n) is 5.13. The molecule has 1 aromatic carbocycles. The van der Waals surface area contributed by atoms with E-state index in [1.807, 2.05) is 44.1 Å². The lowest BCUT2D eigenvalue weighted by Gasteiger charge is -2.20.